The van der Waals surface area contributed by atoms with Crippen LogP contribution in [-0.2, 0) is 19.6 Å². The van der Waals surface area contributed by atoms with Crippen LogP contribution in [0.5, 0.6) is 0 Å². The van der Waals surface area contributed by atoms with Gasteiger partial charge in [-0.1, -0.05) is 36.4 Å². The molecule has 1 aliphatic rings. The van der Waals surface area contributed by atoms with Gasteiger partial charge in [-0.25, -0.2) is 13.2 Å². The van der Waals surface area contributed by atoms with E-state index in [4.69, 9.17) is 4.74 Å². The molecular weight excluding hydrogens is 454 g/mol. The first-order valence-corrected chi connectivity index (χ1v) is 12.4. The van der Waals surface area contributed by atoms with Crippen molar-refractivity contribution in [1.82, 2.24) is 9.21 Å². The normalized spacial score (nSPS) is 14.3. The number of benzene rings is 2. The molecule has 0 aromatic heterocycles. The van der Waals surface area contributed by atoms with Gasteiger partial charge in [0.25, 0.3) is 5.91 Å². The number of ether oxygens (including phenoxy) is 1. The van der Waals surface area contributed by atoms with E-state index < -0.39 is 28.5 Å². The van der Waals surface area contributed by atoms with E-state index in [2.05, 4.69) is 18.1 Å². The molecule has 34 heavy (non-hydrogen) atoms. The molecule has 0 N–H and O–H groups in total. The molecule has 2 aromatic carbocycles. The first-order valence-electron chi connectivity index (χ1n) is 10.9. The SMILES string of the molecule is C=CCN(CC=C)C(=O)COC(=O)c1cccc(S(=O)(=O)N2CCN(c3ccccc3)CC2)c1. The Labute approximate surface area is 200 Å². The second kappa shape index (κ2) is 11.6. The molecule has 0 atom stereocenters. The standard InChI is InChI=1S/C25H29N3O5S/c1-3-13-27(14-4-2)24(29)20-33-25(30)21-9-8-12-23(19-21)34(31,32)28-17-15-26(16-18-28)22-10-6-5-7-11-22/h3-12,19H,1-2,13-18,20H2. The molecule has 0 radical (unpaired) electrons. The van der Waals surface area contributed by atoms with Gasteiger partial charge in [-0.3, -0.25) is 4.79 Å². The van der Waals surface area contributed by atoms with Crippen LogP contribution in [-0.4, -0.2) is 75.4 Å². The molecule has 2 aromatic rings. The van der Waals surface area contributed by atoms with E-state index in [0.29, 0.717) is 39.3 Å². The predicted octanol–water partition coefficient (Wildman–Crippen LogP) is 2.55. The molecule has 0 saturated carbocycles. The van der Waals surface area contributed by atoms with Crippen molar-refractivity contribution in [2.45, 2.75) is 4.90 Å². The van der Waals surface area contributed by atoms with Crippen LogP contribution in [0.1, 0.15) is 10.4 Å². The predicted molar refractivity (Wildman–Crippen MR) is 131 cm³/mol. The van der Waals surface area contributed by atoms with Gasteiger partial charge in [0.2, 0.25) is 10.0 Å². The fourth-order valence-corrected chi connectivity index (χ4v) is 5.12. The van der Waals surface area contributed by atoms with E-state index in [1.54, 1.807) is 12.2 Å². The van der Waals surface area contributed by atoms with Crippen LogP contribution in [0.3, 0.4) is 0 Å². The zero-order valence-electron chi connectivity index (χ0n) is 19.0. The molecule has 0 unspecified atom stereocenters. The molecule has 0 spiro atoms. The summed E-state index contributed by atoms with van der Waals surface area (Å²) in [6.07, 6.45) is 3.13. The third-order valence-corrected chi connectivity index (χ3v) is 7.34. The summed E-state index contributed by atoms with van der Waals surface area (Å²) < 4.78 is 32.9. The molecule has 1 aliphatic heterocycles. The summed E-state index contributed by atoms with van der Waals surface area (Å²) in [5.41, 5.74) is 1.12. The highest BCUT2D eigenvalue weighted by molar-refractivity contribution is 7.89. The fraction of sp³-hybridized carbons (Fsp3) is 0.280. The van der Waals surface area contributed by atoms with Crippen molar-refractivity contribution in [2.24, 2.45) is 0 Å². The summed E-state index contributed by atoms with van der Waals surface area (Å²) in [7, 11) is -3.78. The zero-order chi connectivity index (χ0) is 24.6. The highest BCUT2D eigenvalue weighted by Crippen LogP contribution is 2.22. The minimum atomic E-state index is -3.78. The number of sulfonamides is 1. The average molecular weight is 484 g/mol. The topological polar surface area (TPSA) is 87.2 Å². The Balaban J connectivity index is 1.63. The highest BCUT2D eigenvalue weighted by atomic mass is 32.2. The van der Waals surface area contributed by atoms with Crippen molar-refractivity contribution >= 4 is 27.6 Å². The van der Waals surface area contributed by atoms with Gasteiger partial charge in [0.15, 0.2) is 6.61 Å². The van der Waals surface area contributed by atoms with Gasteiger partial charge >= 0.3 is 5.97 Å². The molecule has 180 valence electrons. The van der Waals surface area contributed by atoms with E-state index in [1.165, 1.54) is 33.5 Å². The lowest BCUT2D eigenvalue weighted by atomic mass is 10.2. The Kier molecular flexibility index (Phi) is 8.61. The highest BCUT2D eigenvalue weighted by Gasteiger charge is 2.29. The van der Waals surface area contributed by atoms with Crippen LogP contribution in [0.2, 0.25) is 0 Å². The molecular formula is C25H29N3O5S. The maximum atomic E-state index is 13.2. The van der Waals surface area contributed by atoms with Gasteiger partial charge in [0.05, 0.1) is 10.5 Å². The van der Waals surface area contributed by atoms with Crippen molar-refractivity contribution in [1.29, 1.82) is 0 Å². The zero-order valence-corrected chi connectivity index (χ0v) is 19.8. The number of piperazine rings is 1. The van der Waals surface area contributed by atoms with Crippen molar-refractivity contribution < 1.29 is 22.7 Å². The van der Waals surface area contributed by atoms with Crippen LogP contribution in [0, 0.1) is 0 Å². The molecule has 9 heteroatoms. The Hall–Kier alpha value is -3.43. The minimum Gasteiger partial charge on any atom is -0.452 e. The molecule has 1 saturated heterocycles. The minimum absolute atomic E-state index is 0.0152. The summed E-state index contributed by atoms with van der Waals surface area (Å²) in [6, 6.07) is 15.5. The van der Waals surface area contributed by atoms with E-state index in [9.17, 15) is 18.0 Å². The lowest BCUT2D eigenvalue weighted by Gasteiger charge is -2.35. The van der Waals surface area contributed by atoms with E-state index in [0.717, 1.165) is 5.69 Å². The average Bonchev–Trinajstić information content (AvgIpc) is 2.87. The van der Waals surface area contributed by atoms with Gasteiger partial charge in [-0.15, -0.1) is 13.2 Å². The first-order chi connectivity index (χ1) is 16.4. The lowest BCUT2D eigenvalue weighted by molar-refractivity contribution is -0.133. The van der Waals surface area contributed by atoms with Crippen LogP contribution in [0.25, 0.3) is 0 Å². The van der Waals surface area contributed by atoms with Gasteiger partial charge in [0.1, 0.15) is 0 Å². The number of anilines is 1. The van der Waals surface area contributed by atoms with E-state index >= 15 is 0 Å². The van der Waals surface area contributed by atoms with Gasteiger partial charge in [-0.05, 0) is 30.3 Å². The maximum Gasteiger partial charge on any atom is 0.338 e. The third kappa shape index (κ3) is 6.12. The summed E-state index contributed by atoms with van der Waals surface area (Å²) in [5, 5.41) is 0. The summed E-state index contributed by atoms with van der Waals surface area (Å²) in [6.45, 7) is 9.15. The molecule has 8 nitrogen and oxygen atoms in total. The van der Waals surface area contributed by atoms with Crippen LogP contribution < -0.4 is 4.90 Å². The van der Waals surface area contributed by atoms with Crippen LogP contribution in [0.4, 0.5) is 5.69 Å². The largest absolute Gasteiger partial charge is 0.452 e. The fourth-order valence-electron chi connectivity index (χ4n) is 3.65. The number of hydrogen-bond acceptors (Lipinski definition) is 6. The number of nitrogens with zero attached hydrogens (tertiary/aromatic N) is 3. The quantitative estimate of drug-likeness (QED) is 0.381. The third-order valence-electron chi connectivity index (χ3n) is 5.45. The molecule has 1 heterocycles. The smallest absolute Gasteiger partial charge is 0.338 e. The monoisotopic (exact) mass is 483 g/mol. The van der Waals surface area contributed by atoms with Crippen molar-refractivity contribution in [3.8, 4) is 0 Å². The number of amides is 1. The second-order valence-corrected chi connectivity index (χ2v) is 9.64. The number of rotatable bonds is 10. The number of carbonyl (C=O) groups excluding carboxylic acids is 2. The second-order valence-electron chi connectivity index (χ2n) is 7.71. The number of para-hydroxylation sites is 1. The van der Waals surface area contributed by atoms with Gasteiger partial charge in [0, 0.05) is 45.0 Å². The molecule has 1 amide bonds. The number of esters is 1. The molecule has 0 aliphatic carbocycles. The molecule has 0 bridgehead atoms. The Bertz CT molecular complexity index is 1120. The number of carbonyl (C=O) groups is 2. The van der Waals surface area contributed by atoms with Crippen molar-refractivity contribution in [3.05, 3.63) is 85.5 Å². The van der Waals surface area contributed by atoms with Crippen molar-refractivity contribution in [3.63, 3.8) is 0 Å². The molecule has 3 rings (SSSR count). The molecule has 1 fully saturated rings. The Morgan fingerprint density at radius 2 is 1.59 bits per heavy atom. The first kappa shape index (κ1) is 25.2. The van der Waals surface area contributed by atoms with E-state index in [-0.39, 0.29) is 10.5 Å². The van der Waals surface area contributed by atoms with Crippen LogP contribution >= 0.6 is 0 Å². The Morgan fingerprint density at radius 3 is 2.21 bits per heavy atom. The van der Waals surface area contributed by atoms with Gasteiger partial charge < -0.3 is 14.5 Å². The maximum absolute atomic E-state index is 13.2. The summed E-state index contributed by atoms with van der Waals surface area (Å²) >= 11 is 0. The Morgan fingerprint density at radius 1 is 0.941 bits per heavy atom. The van der Waals surface area contributed by atoms with Crippen molar-refractivity contribution in [2.75, 3.05) is 50.8 Å². The lowest BCUT2D eigenvalue weighted by Crippen LogP contribution is -2.48. The summed E-state index contributed by atoms with van der Waals surface area (Å²) in [4.78, 5) is 28.3. The van der Waals surface area contributed by atoms with E-state index in [1.807, 2.05) is 30.3 Å². The van der Waals surface area contributed by atoms with Crippen LogP contribution in [0.15, 0.2) is 84.8 Å². The van der Waals surface area contributed by atoms with Gasteiger partial charge in [-0.2, -0.15) is 4.31 Å². The number of hydrogen-bond donors (Lipinski definition) is 0. The summed E-state index contributed by atoms with van der Waals surface area (Å²) in [5.74, 6) is -1.16.